The molecular weight excluding hydrogens is 364 g/mol. The van der Waals surface area contributed by atoms with Gasteiger partial charge in [0.1, 0.15) is 0 Å². The van der Waals surface area contributed by atoms with Gasteiger partial charge in [-0.1, -0.05) is 42.5 Å². The van der Waals surface area contributed by atoms with Crippen LogP contribution in [0.1, 0.15) is 32.3 Å². The fourth-order valence-electron chi connectivity index (χ4n) is 3.98. The van der Waals surface area contributed by atoms with Crippen LogP contribution in [0.5, 0.6) is 0 Å². The number of likely N-dealkylation sites (tertiary alicyclic amines) is 1. The van der Waals surface area contributed by atoms with Gasteiger partial charge in [-0.15, -0.1) is 0 Å². The number of urea groups is 1. The highest BCUT2D eigenvalue weighted by Gasteiger charge is 2.31. The number of piperazine rings is 1. The molecule has 0 atom stereocenters. The van der Waals surface area contributed by atoms with E-state index in [1.54, 1.807) is 0 Å². The van der Waals surface area contributed by atoms with E-state index in [2.05, 4.69) is 34.5 Å². The van der Waals surface area contributed by atoms with Crippen molar-refractivity contribution in [2.45, 2.75) is 32.7 Å². The lowest BCUT2D eigenvalue weighted by Gasteiger charge is -2.38. The normalized spacial score (nSPS) is 19.1. The molecule has 1 N–H and O–H groups in total. The van der Waals surface area contributed by atoms with Crippen LogP contribution < -0.4 is 5.32 Å². The summed E-state index contributed by atoms with van der Waals surface area (Å²) in [6.45, 7) is 9.61. The van der Waals surface area contributed by atoms with Crippen molar-refractivity contribution in [2.24, 2.45) is 5.92 Å². The molecule has 0 saturated carbocycles. The van der Waals surface area contributed by atoms with Crippen molar-refractivity contribution in [1.29, 1.82) is 0 Å². The molecule has 6 heteroatoms. The van der Waals surface area contributed by atoms with Gasteiger partial charge >= 0.3 is 6.03 Å². The van der Waals surface area contributed by atoms with Crippen molar-refractivity contribution in [1.82, 2.24) is 20.0 Å². The summed E-state index contributed by atoms with van der Waals surface area (Å²) in [6, 6.07) is 10.5. The maximum absolute atomic E-state index is 12.9. The summed E-state index contributed by atoms with van der Waals surface area (Å²) >= 11 is 0. The SMILES string of the molecule is CC(C)NC(=O)N1CCC(C(=O)N2CCN(C/C=C/c3ccccc3)CC2)CC1. The molecule has 2 heterocycles. The quantitative estimate of drug-likeness (QED) is 0.830. The van der Waals surface area contributed by atoms with E-state index in [0.29, 0.717) is 13.1 Å². The van der Waals surface area contributed by atoms with E-state index in [1.165, 1.54) is 5.56 Å². The molecule has 158 valence electrons. The minimum Gasteiger partial charge on any atom is -0.340 e. The Hall–Kier alpha value is -2.34. The first-order valence-corrected chi connectivity index (χ1v) is 10.8. The predicted molar refractivity (Wildman–Crippen MR) is 116 cm³/mol. The largest absolute Gasteiger partial charge is 0.340 e. The smallest absolute Gasteiger partial charge is 0.317 e. The lowest BCUT2D eigenvalue weighted by molar-refractivity contribution is -0.138. The van der Waals surface area contributed by atoms with Gasteiger partial charge in [-0.2, -0.15) is 0 Å². The van der Waals surface area contributed by atoms with Gasteiger partial charge in [0.15, 0.2) is 0 Å². The number of piperidine rings is 1. The van der Waals surface area contributed by atoms with Crippen molar-refractivity contribution >= 4 is 18.0 Å². The minimum atomic E-state index is -0.0110. The second kappa shape index (κ2) is 10.4. The highest BCUT2D eigenvalue weighted by Crippen LogP contribution is 2.20. The zero-order valence-corrected chi connectivity index (χ0v) is 17.7. The van der Waals surface area contributed by atoms with E-state index in [0.717, 1.165) is 45.6 Å². The number of amides is 3. The molecule has 0 aliphatic carbocycles. The van der Waals surface area contributed by atoms with Crippen molar-refractivity contribution in [3.63, 3.8) is 0 Å². The topological polar surface area (TPSA) is 55.9 Å². The van der Waals surface area contributed by atoms with E-state index in [1.807, 2.05) is 41.8 Å². The molecule has 2 aliphatic rings. The van der Waals surface area contributed by atoms with Crippen LogP contribution in [0.25, 0.3) is 6.08 Å². The monoisotopic (exact) mass is 398 g/mol. The Kier molecular flexibility index (Phi) is 7.69. The molecule has 2 fully saturated rings. The number of carbonyl (C=O) groups excluding carboxylic acids is 2. The standard InChI is InChI=1S/C23H34N4O2/c1-19(2)24-23(29)27-13-10-21(11-14-27)22(28)26-17-15-25(16-18-26)12-6-9-20-7-4-3-5-8-20/h3-9,19,21H,10-18H2,1-2H3,(H,24,29)/b9-6+. The first-order valence-electron chi connectivity index (χ1n) is 10.8. The van der Waals surface area contributed by atoms with Crippen LogP contribution in [0.15, 0.2) is 36.4 Å². The zero-order chi connectivity index (χ0) is 20.6. The van der Waals surface area contributed by atoms with E-state index >= 15 is 0 Å². The average Bonchev–Trinajstić information content (AvgIpc) is 2.74. The number of nitrogens with one attached hydrogen (secondary N) is 1. The van der Waals surface area contributed by atoms with Gasteiger partial charge in [-0.3, -0.25) is 9.69 Å². The maximum Gasteiger partial charge on any atom is 0.317 e. The molecule has 3 rings (SSSR count). The molecule has 1 aromatic rings. The summed E-state index contributed by atoms with van der Waals surface area (Å²) in [5.74, 6) is 0.330. The molecule has 2 saturated heterocycles. The van der Waals surface area contributed by atoms with Gasteiger partial charge in [-0.05, 0) is 32.3 Å². The summed E-state index contributed by atoms with van der Waals surface area (Å²) < 4.78 is 0. The lowest BCUT2D eigenvalue weighted by atomic mass is 9.95. The van der Waals surface area contributed by atoms with E-state index in [-0.39, 0.29) is 23.9 Å². The number of benzene rings is 1. The summed E-state index contributed by atoms with van der Waals surface area (Å²) in [6.07, 6.45) is 5.89. The number of carbonyl (C=O) groups is 2. The highest BCUT2D eigenvalue weighted by molar-refractivity contribution is 5.80. The summed E-state index contributed by atoms with van der Waals surface area (Å²) in [5.41, 5.74) is 1.22. The Morgan fingerprint density at radius 2 is 1.66 bits per heavy atom. The van der Waals surface area contributed by atoms with Gasteiger partial charge in [-0.25, -0.2) is 4.79 Å². The third-order valence-corrected chi connectivity index (χ3v) is 5.70. The number of hydrogen-bond acceptors (Lipinski definition) is 3. The van der Waals surface area contributed by atoms with Gasteiger partial charge in [0, 0.05) is 57.8 Å². The number of rotatable bonds is 5. The van der Waals surface area contributed by atoms with Crippen LogP contribution in [0, 0.1) is 5.92 Å². The molecule has 0 bridgehead atoms. The second-order valence-corrected chi connectivity index (χ2v) is 8.30. The molecule has 3 amide bonds. The van der Waals surface area contributed by atoms with Gasteiger partial charge in [0.2, 0.25) is 5.91 Å². The molecule has 6 nitrogen and oxygen atoms in total. The molecular formula is C23H34N4O2. The van der Waals surface area contributed by atoms with Crippen molar-refractivity contribution in [3.8, 4) is 0 Å². The Labute approximate surface area is 174 Å². The maximum atomic E-state index is 12.9. The van der Waals surface area contributed by atoms with E-state index < -0.39 is 0 Å². The Balaban J connectivity index is 1.38. The van der Waals surface area contributed by atoms with Gasteiger partial charge < -0.3 is 15.1 Å². The average molecular weight is 399 g/mol. The lowest BCUT2D eigenvalue weighted by Crippen LogP contribution is -2.52. The van der Waals surface area contributed by atoms with Crippen molar-refractivity contribution < 1.29 is 9.59 Å². The van der Waals surface area contributed by atoms with Crippen LogP contribution in [-0.4, -0.2) is 78.5 Å². The Morgan fingerprint density at radius 3 is 2.28 bits per heavy atom. The summed E-state index contributed by atoms with van der Waals surface area (Å²) in [4.78, 5) is 31.2. The van der Waals surface area contributed by atoms with Crippen LogP contribution in [-0.2, 0) is 4.79 Å². The van der Waals surface area contributed by atoms with Crippen molar-refractivity contribution in [3.05, 3.63) is 42.0 Å². The summed E-state index contributed by atoms with van der Waals surface area (Å²) in [7, 11) is 0. The van der Waals surface area contributed by atoms with Gasteiger partial charge in [0.25, 0.3) is 0 Å². The third kappa shape index (κ3) is 6.32. The van der Waals surface area contributed by atoms with Crippen LogP contribution in [0.4, 0.5) is 4.79 Å². The fourth-order valence-corrected chi connectivity index (χ4v) is 3.98. The highest BCUT2D eigenvalue weighted by atomic mass is 16.2. The van der Waals surface area contributed by atoms with Crippen LogP contribution in [0.3, 0.4) is 0 Å². The first kappa shape index (κ1) is 21.4. The Bertz CT molecular complexity index is 688. The number of hydrogen-bond donors (Lipinski definition) is 1. The summed E-state index contributed by atoms with van der Waals surface area (Å²) in [5, 5.41) is 2.93. The second-order valence-electron chi connectivity index (χ2n) is 8.30. The molecule has 0 radical (unpaired) electrons. The van der Waals surface area contributed by atoms with Crippen molar-refractivity contribution in [2.75, 3.05) is 45.8 Å². The molecule has 0 spiro atoms. The fraction of sp³-hybridized carbons (Fsp3) is 0.565. The zero-order valence-electron chi connectivity index (χ0n) is 17.7. The molecule has 2 aliphatic heterocycles. The van der Waals surface area contributed by atoms with Gasteiger partial charge in [0.05, 0.1) is 0 Å². The molecule has 29 heavy (non-hydrogen) atoms. The number of nitrogens with zero attached hydrogens (tertiary/aromatic N) is 3. The first-order chi connectivity index (χ1) is 14.0. The molecule has 1 aromatic carbocycles. The van der Waals surface area contributed by atoms with Crippen LogP contribution in [0.2, 0.25) is 0 Å². The van der Waals surface area contributed by atoms with E-state index in [4.69, 9.17) is 0 Å². The minimum absolute atomic E-state index is 0.0110. The van der Waals surface area contributed by atoms with Crippen LogP contribution >= 0.6 is 0 Å². The Morgan fingerprint density at radius 1 is 1.00 bits per heavy atom. The van der Waals surface area contributed by atoms with E-state index in [9.17, 15) is 9.59 Å². The molecule has 0 unspecified atom stereocenters. The third-order valence-electron chi connectivity index (χ3n) is 5.70. The molecule has 0 aromatic heterocycles. The predicted octanol–water partition coefficient (Wildman–Crippen LogP) is 2.67.